The van der Waals surface area contributed by atoms with E-state index in [4.69, 9.17) is 4.74 Å². The van der Waals surface area contributed by atoms with Crippen molar-refractivity contribution in [3.63, 3.8) is 0 Å². The summed E-state index contributed by atoms with van der Waals surface area (Å²) in [7, 11) is 0. The van der Waals surface area contributed by atoms with Crippen molar-refractivity contribution >= 4 is 34.4 Å². The van der Waals surface area contributed by atoms with Gasteiger partial charge in [0.1, 0.15) is 0 Å². The Hall–Kier alpha value is -3.40. The zero-order valence-corrected chi connectivity index (χ0v) is 16.6. The van der Waals surface area contributed by atoms with Crippen LogP contribution >= 0.6 is 0 Å². The Bertz CT molecular complexity index is 1000. The molecule has 0 radical (unpaired) electrons. The van der Waals surface area contributed by atoms with Crippen molar-refractivity contribution in [2.45, 2.75) is 26.2 Å². The van der Waals surface area contributed by atoms with Crippen molar-refractivity contribution in [1.29, 1.82) is 0 Å². The molecule has 4 nitrogen and oxygen atoms in total. The van der Waals surface area contributed by atoms with Gasteiger partial charge < -0.3 is 10.1 Å². The molecule has 29 heavy (non-hydrogen) atoms. The van der Waals surface area contributed by atoms with Gasteiger partial charge in [0.25, 0.3) is 5.91 Å². The fourth-order valence-electron chi connectivity index (χ4n) is 3.07. The number of rotatable bonds is 8. The van der Waals surface area contributed by atoms with E-state index in [1.807, 2.05) is 66.7 Å². The number of nitrogens with one attached hydrogen (secondary N) is 1. The van der Waals surface area contributed by atoms with Gasteiger partial charge in [-0.15, -0.1) is 0 Å². The van der Waals surface area contributed by atoms with E-state index in [1.54, 1.807) is 6.08 Å². The molecule has 0 atom stereocenters. The van der Waals surface area contributed by atoms with Crippen LogP contribution in [0.4, 0.5) is 5.69 Å². The van der Waals surface area contributed by atoms with Gasteiger partial charge in [-0.05, 0) is 52.9 Å². The lowest BCUT2D eigenvalue weighted by atomic mass is 10.0. The van der Waals surface area contributed by atoms with Crippen molar-refractivity contribution < 1.29 is 14.3 Å². The van der Waals surface area contributed by atoms with E-state index in [-0.39, 0.29) is 12.5 Å². The second kappa shape index (κ2) is 10.2. The van der Waals surface area contributed by atoms with Crippen LogP contribution in [-0.4, -0.2) is 18.5 Å². The summed E-state index contributed by atoms with van der Waals surface area (Å²) in [6.07, 6.45) is 6.38. The van der Waals surface area contributed by atoms with Gasteiger partial charge in [-0.2, -0.15) is 0 Å². The summed E-state index contributed by atoms with van der Waals surface area (Å²) >= 11 is 0. The number of esters is 1. The van der Waals surface area contributed by atoms with E-state index in [9.17, 15) is 9.59 Å². The first-order valence-corrected chi connectivity index (χ1v) is 9.87. The SMILES string of the molecule is CCCCc1ccc(NC(=O)COC(=O)C=Cc2cccc3ccccc23)cc1. The Morgan fingerprint density at radius 3 is 2.52 bits per heavy atom. The van der Waals surface area contributed by atoms with Crippen molar-refractivity contribution in [3.8, 4) is 0 Å². The number of benzene rings is 3. The molecule has 0 aliphatic heterocycles. The molecular formula is C25H25NO3. The number of carbonyl (C=O) groups is 2. The summed E-state index contributed by atoms with van der Waals surface area (Å²) in [6, 6.07) is 21.6. The smallest absolute Gasteiger partial charge is 0.331 e. The van der Waals surface area contributed by atoms with Gasteiger partial charge in [-0.25, -0.2) is 4.79 Å². The molecule has 0 bridgehead atoms. The molecule has 3 aromatic carbocycles. The number of anilines is 1. The number of hydrogen-bond donors (Lipinski definition) is 1. The summed E-state index contributed by atoms with van der Waals surface area (Å²) in [4.78, 5) is 24.0. The maximum atomic E-state index is 12.0. The molecule has 148 valence electrons. The second-order valence-corrected chi connectivity index (χ2v) is 6.86. The summed E-state index contributed by atoms with van der Waals surface area (Å²) < 4.78 is 5.05. The average Bonchev–Trinajstić information content (AvgIpc) is 2.75. The zero-order chi connectivity index (χ0) is 20.5. The standard InChI is InChI=1S/C25H25NO3/c1-2-3-7-19-12-15-22(16-13-19)26-24(27)18-29-25(28)17-14-21-10-6-9-20-8-4-5-11-23(20)21/h4-6,8-17H,2-3,7,18H2,1H3,(H,26,27). The number of carbonyl (C=O) groups excluding carboxylic acids is 2. The molecule has 0 saturated carbocycles. The number of ether oxygens (including phenoxy) is 1. The third kappa shape index (κ3) is 6.04. The first-order valence-electron chi connectivity index (χ1n) is 9.87. The van der Waals surface area contributed by atoms with Gasteiger partial charge in [0.05, 0.1) is 0 Å². The molecule has 1 amide bonds. The molecule has 0 aliphatic rings. The molecule has 0 aromatic heterocycles. The summed E-state index contributed by atoms with van der Waals surface area (Å²) in [5, 5.41) is 4.89. The monoisotopic (exact) mass is 387 g/mol. The summed E-state index contributed by atoms with van der Waals surface area (Å²) in [5.74, 6) is -0.916. The van der Waals surface area contributed by atoms with Gasteiger partial charge >= 0.3 is 5.97 Å². The van der Waals surface area contributed by atoms with Gasteiger partial charge in [0, 0.05) is 11.8 Å². The van der Waals surface area contributed by atoms with Gasteiger partial charge in [-0.3, -0.25) is 4.79 Å². The highest BCUT2D eigenvalue weighted by Crippen LogP contribution is 2.19. The Morgan fingerprint density at radius 2 is 1.72 bits per heavy atom. The van der Waals surface area contributed by atoms with Crippen LogP contribution in [0.15, 0.2) is 72.8 Å². The van der Waals surface area contributed by atoms with Crippen molar-refractivity contribution in [1.82, 2.24) is 0 Å². The van der Waals surface area contributed by atoms with E-state index in [0.29, 0.717) is 5.69 Å². The number of unbranched alkanes of at least 4 members (excludes halogenated alkanes) is 1. The van der Waals surface area contributed by atoms with Gasteiger partial charge in [0.2, 0.25) is 0 Å². The molecule has 0 unspecified atom stereocenters. The summed E-state index contributed by atoms with van der Waals surface area (Å²) in [6.45, 7) is 1.84. The van der Waals surface area contributed by atoms with Crippen LogP contribution in [0.3, 0.4) is 0 Å². The van der Waals surface area contributed by atoms with E-state index < -0.39 is 5.97 Å². The van der Waals surface area contributed by atoms with Crippen molar-refractivity contribution in [2.75, 3.05) is 11.9 Å². The third-order valence-corrected chi connectivity index (χ3v) is 4.62. The zero-order valence-electron chi connectivity index (χ0n) is 16.6. The van der Waals surface area contributed by atoms with Crippen LogP contribution in [0.1, 0.15) is 30.9 Å². The highest BCUT2D eigenvalue weighted by atomic mass is 16.5. The highest BCUT2D eigenvalue weighted by Gasteiger charge is 2.06. The predicted octanol–water partition coefficient (Wildman–Crippen LogP) is 5.38. The van der Waals surface area contributed by atoms with Gasteiger partial charge in [0.15, 0.2) is 6.61 Å². The molecule has 1 N–H and O–H groups in total. The topological polar surface area (TPSA) is 55.4 Å². The lowest BCUT2D eigenvalue weighted by Gasteiger charge is -2.07. The molecule has 4 heteroatoms. The fraction of sp³-hybridized carbons (Fsp3) is 0.200. The lowest BCUT2D eigenvalue weighted by Crippen LogP contribution is -2.20. The van der Waals surface area contributed by atoms with E-state index in [1.165, 1.54) is 11.6 Å². The fourth-order valence-corrected chi connectivity index (χ4v) is 3.07. The number of aryl methyl sites for hydroxylation is 1. The maximum Gasteiger partial charge on any atom is 0.331 e. The van der Waals surface area contributed by atoms with Gasteiger partial charge in [-0.1, -0.05) is 67.9 Å². The van der Waals surface area contributed by atoms with Crippen molar-refractivity contribution in [3.05, 3.63) is 83.9 Å². The van der Waals surface area contributed by atoms with Crippen LogP contribution in [-0.2, 0) is 20.7 Å². The second-order valence-electron chi connectivity index (χ2n) is 6.86. The number of fused-ring (bicyclic) bond motifs is 1. The minimum atomic E-state index is -0.553. The van der Waals surface area contributed by atoms with E-state index in [0.717, 1.165) is 35.6 Å². The molecule has 0 spiro atoms. The Morgan fingerprint density at radius 1 is 0.966 bits per heavy atom. The first kappa shape index (κ1) is 20.3. The average molecular weight is 387 g/mol. The molecule has 3 aromatic rings. The molecule has 3 rings (SSSR count). The predicted molar refractivity (Wildman–Crippen MR) is 118 cm³/mol. The van der Waals surface area contributed by atoms with Crippen LogP contribution in [0.25, 0.3) is 16.8 Å². The first-order chi connectivity index (χ1) is 14.2. The van der Waals surface area contributed by atoms with Crippen LogP contribution < -0.4 is 5.32 Å². The highest BCUT2D eigenvalue weighted by molar-refractivity contribution is 5.97. The Labute approximate surface area is 171 Å². The van der Waals surface area contributed by atoms with E-state index >= 15 is 0 Å². The summed E-state index contributed by atoms with van der Waals surface area (Å²) in [5.41, 5.74) is 2.86. The Balaban J connectivity index is 1.49. The number of hydrogen-bond acceptors (Lipinski definition) is 3. The maximum absolute atomic E-state index is 12.0. The lowest BCUT2D eigenvalue weighted by molar-refractivity contribution is -0.142. The van der Waals surface area contributed by atoms with Crippen molar-refractivity contribution in [2.24, 2.45) is 0 Å². The molecule has 0 heterocycles. The minimum absolute atomic E-state index is 0.323. The molecule has 0 saturated heterocycles. The molecule has 0 aliphatic carbocycles. The van der Waals surface area contributed by atoms with E-state index in [2.05, 4.69) is 12.2 Å². The quantitative estimate of drug-likeness (QED) is 0.417. The minimum Gasteiger partial charge on any atom is -0.452 e. The Kier molecular flexibility index (Phi) is 7.17. The van der Waals surface area contributed by atoms with Crippen LogP contribution in [0, 0.1) is 0 Å². The molecular weight excluding hydrogens is 362 g/mol. The largest absolute Gasteiger partial charge is 0.452 e. The number of amides is 1. The van der Waals surface area contributed by atoms with Crippen LogP contribution in [0.5, 0.6) is 0 Å². The molecule has 0 fully saturated rings. The third-order valence-electron chi connectivity index (χ3n) is 4.62. The normalized spacial score (nSPS) is 10.9. The van der Waals surface area contributed by atoms with Crippen LogP contribution in [0.2, 0.25) is 0 Å².